The first-order valence-electron chi connectivity index (χ1n) is 9.15. The molecule has 7 nitrogen and oxygen atoms in total. The lowest BCUT2D eigenvalue weighted by atomic mass is 10.1. The van der Waals surface area contributed by atoms with Gasteiger partial charge in [-0.05, 0) is 36.8 Å². The Morgan fingerprint density at radius 3 is 2.70 bits per heavy atom. The first-order chi connectivity index (χ1) is 14.3. The number of esters is 1. The van der Waals surface area contributed by atoms with E-state index in [0.29, 0.717) is 11.4 Å². The van der Waals surface area contributed by atoms with Crippen molar-refractivity contribution in [1.29, 1.82) is 0 Å². The van der Waals surface area contributed by atoms with Crippen LogP contribution in [-0.4, -0.2) is 38.0 Å². The molecule has 0 radical (unpaired) electrons. The Bertz CT molecular complexity index is 995. The van der Waals surface area contributed by atoms with Crippen LogP contribution in [0, 0.1) is 24.5 Å². The fourth-order valence-electron chi connectivity index (χ4n) is 3.14. The number of carbonyl (C=O) groups excluding carboxylic acids is 3. The van der Waals surface area contributed by atoms with Gasteiger partial charge in [-0.15, -0.1) is 0 Å². The monoisotopic (exact) mass is 418 g/mol. The van der Waals surface area contributed by atoms with Crippen LogP contribution in [-0.2, 0) is 19.1 Å². The maximum absolute atomic E-state index is 13.6. The highest BCUT2D eigenvalue weighted by Gasteiger charge is 2.37. The molecule has 0 unspecified atom stereocenters. The van der Waals surface area contributed by atoms with Gasteiger partial charge in [-0.25, -0.2) is 8.78 Å². The summed E-state index contributed by atoms with van der Waals surface area (Å²) in [6.07, 6.45) is -0.0733. The molecule has 1 N–H and O–H groups in total. The van der Waals surface area contributed by atoms with Crippen molar-refractivity contribution in [3.8, 4) is 5.75 Å². The summed E-state index contributed by atoms with van der Waals surface area (Å²) in [4.78, 5) is 38.1. The summed E-state index contributed by atoms with van der Waals surface area (Å²) in [6.45, 7) is 1.26. The molecule has 0 aromatic heterocycles. The molecule has 1 atom stereocenters. The van der Waals surface area contributed by atoms with E-state index in [1.807, 2.05) is 13.0 Å². The van der Waals surface area contributed by atoms with Crippen molar-refractivity contribution in [2.24, 2.45) is 5.92 Å². The summed E-state index contributed by atoms with van der Waals surface area (Å²) >= 11 is 0. The number of hydrogen-bond acceptors (Lipinski definition) is 5. The topological polar surface area (TPSA) is 84.9 Å². The minimum absolute atomic E-state index is 0.0733. The number of aryl methyl sites for hydroxylation is 1. The molecule has 30 heavy (non-hydrogen) atoms. The molecule has 2 aromatic rings. The van der Waals surface area contributed by atoms with E-state index in [-0.39, 0.29) is 24.6 Å². The summed E-state index contributed by atoms with van der Waals surface area (Å²) in [5.41, 5.74) is 1.12. The minimum atomic E-state index is -0.825. The van der Waals surface area contributed by atoms with Crippen molar-refractivity contribution in [1.82, 2.24) is 0 Å². The molecule has 1 aliphatic heterocycles. The number of ether oxygens (including phenoxy) is 2. The van der Waals surface area contributed by atoms with Crippen LogP contribution in [0.5, 0.6) is 5.75 Å². The van der Waals surface area contributed by atoms with Crippen LogP contribution in [0.4, 0.5) is 20.2 Å². The zero-order valence-electron chi connectivity index (χ0n) is 16.4. The lowest BCUT2D eigenvalue weighted by Crippen LogP contribution is -2.28. The average molecular weight is 418 g/mol. The number of carbonyl (C=O) groups is 3. The highest BCUT2D eigenvalue weighted by molar-refractivity contribution is 6.01. The van der Waals surface area contributed by atoms with E-state index >= 15 is 0 Å². The maximum Gasteiger partial charge on any atom is 0.311 e. The Kier molecular flexibility index (Phi) is 6.29. The highest BCUT2D eigenvalue weighted by atomic mass is 19.1. The van der Waals surface area contributed by atoms with Gasteiger partial charge in [0.2, 0.25) is 5.91 Å². The van der Waals surface area contributed by atoms with Crippen LogP contribution in [0.25, 0.3) is 0 Å². The summed E-state index contributed by atoms with van der Waals surface area (Å²) in [6, 6.07) is 7.96. The SMILES string of the molecule is COc1ccc(C)cc1N1C[C@@H](C(=O)OCC(=O)Nc2cc(F)ccc2F)CC1=O. The predicted octanol–water partition coefficient (Wildman–Crippen LogP) is 2.82. The number of nitrogens with one attached hydrogen (secondary N) is 1. The van der Waals surface area contributed by atoms with Crippen LogP contribution < -0.4 is 15.0 Å². The molecule has 2 aromatic carbocycles. The van der Waals surface area contributed by atoms with Gasteiger partial charge in [-0.1, -0.05) is 6.07 Å². The molecule has 0 bridgehead atoms. The third-order valence-electron chi connectivity index (χ3n) is 4.63. The molecule has 0 spiro atoms. The second-order valence-corrected chi connectivity index (χ2v) is 6.86. The van der Waals surface area contributed by atoms with Crippen LogP contribution in [0.1, 0.15) is 12.0 Å². The van der Waals surface area contributed by atoms with Crippen LogP contribution >= 0.6 is 0 Å². The van der Waals surface area contributed by atoms with Gasteiger partial charge in [-0.2, -0.15) is 0 Å². The number of methoxy groups -OCH3 is 1. The molecule has 1 fully saturated rings. The van der Waals surface area contributed by atoms with E-state index in [1.165, 1.54) is 12.0 Å². The molecular formula is C21H20F2N2O5. The zero-order chi connectivity index (χ0) is 21.8. The fraction of sp³-hybridized carbons (Fsp3) is 0.286. The molecule has 1 aliphatic rings. The Balaban J connectivity index is 1.59. The van der Waals surface area contributed by atoms with Gasteiger partial charge in [0.05, 0.1) is 24.4 Å². The van der Waals surface area contributed by atoms with Gasteiger partial charge in [0.25, 0.3) is 5.91 Å². The summed E-state index contributed by atoms with van der Waals surface area (Å²) in [7, 11) is 1.49. The van der Waals surface area contributed by atoms with E-state index < -0.39 is 36.0 Å². The van der Waals surface area contributed by atoms with Crippen molar-refractivity contribution in [2.45, 2.75) is 13.3 Å². The van der Waals surface area contributed by atoms with Crippen LogP contribution in [0.2, 0.25) is 0 Å². The number of hydrogen-bond donors (Lipinski definition) is 1. The van der Waals surface area contributed by atoms with Crippen molar-refractivity contribution in [2.75, 3.05) is 30.5 Å². The zero-order valence-corrected chi connectivity index (χ0v) is 16.4. The van der Waals surface area contributed by atoms with E-state index in [4.69, 9.17) is 9.47 Å². The van der Waals surface area contributed by atoms with Crippen LogP contribution in [0.15, 0.2) is 36.4 Å². The molecular weight excluding hydrogens is 398 g/mol. The van der Waals surface area contributed by atoms with E-state index in [9.17, 15) is 23.2 Å². The third-order valence-corrected chi connectivity index (χ3v) is 4.63. The largest absolute Gasteiger partial charge is 0.495 e. The van der Waals surface area contributed by atoms with Crippen molar-refractivity contribution >= 4 is 29.2 Å². The quantitative estimate of drug-likeness (QED) is 0.730. The van der Waals surface area contributed by atoms with E-state index in [0.717, 1.165) is 23.8 Å². The normalized spacial score (nSPS) is 15.8. The van der Waals surface area contributed by atoms with Gasteiger partial charge >= 0.3 is 5.97 Å². The molecule has 3 rings (SSSR count). The number of rotatable bonds is 6. The highest BCUT2D eigenvalue weighted by Crippen LogP contribution is 2.34. The molecule has 0 aliphatic carbocycles. The maximum atomic E-state index is 13.6. The summed E-state index contributed by atoms with van der Waals surface area (Å²) < 4.78 is 37.0. The lowest BCUT2D eigenvalue weighted by molar-refractivity contribution is -0.151. The van der Waals surface area contributed by atoms with Gasteiger partial charge in [-0.3, -0.25) is 14.4 Å². The van der Waals surface area contributed by atoms with Crippen molar-refractivity contribution in [3.63, 3.8) is 0 Å². The van der Waals surface area contributed by atoms with Gasteiger partial charge < -0.3 is 19.7 Å². The minimum Gasteiger partial charge on any atom is -0.495 e. The fourth-order valence-corrected chi connectivity index (χ4v) is 3.14. The Labute approximate surface area is 171 Å². The first kappa shape index (κ1) is 21.2. The number of nitrogens with zero attached hydrogens (tertiary/aromatic N) is 1. The standard InChI is InChI=1S/C21H20F2N2O5/c1-12-3-6-18(29-2)17(7-12)25-10-13(8-20(25)27)21(28)30-11-19(26)24-16-9-14(22)4-5-15(16)23/h3-7,9,13H,8,10-11H2,1-2H3,(H,24,26)/t13-/m0/s1. The van der Waals surface area contributed by atoms with Gasteiger partial charge in [0, 0.05) is 19.0 Å². The molecule has 1 saturated heterocycles. The Morgan fingerprint density at radius 1 is 1.20 bits per heavy atom. The third kappa shape index (κ3) is 4.73. The second kappa shape index (κ2) is 8.89. The predicted molar refractivity (Wildman–Crippen MR) is 104 cm³/mol. The smallest absolute Gasteiger partial charge is 0.311 e. The lowest BCUT2D eigenvalue weighted by Gasteiger charge is -2.20. The van der Waals surface area contributed by atoms with Gasteiger partial charge in [0.15, 0.2) is 6.61 Å². The van der Waals surface area contributed by atoms with E-state index in [1.54, 1.807) is 12.1 Å². The Hall–Kier alpha value is -3.49. The number of anilines is 2. The Morgan fingerprint density at radius 2 is 1.97 bits per heavy atom. The molecule has 0 saturated carbocycles. The van der Waals surface area contributed by atoms with Crippen LogP contribution in [0.3, 0.4) is 0 Å². The average Bonchev–Trinajstić information content (AvgIpc) is 3.10. The first-order valence-corrected chi connectivity index (χ1v) is 9.15. The van der Waals surface area contributed by atoms with Crippen molar-refractivity contribution in [3.05, 3.63) is 53.6 Å². The van der Waals surface area contributed by atoms with E-state index in [2.05, 4.69) is 5.32 Å². The molecule has 9 heteroatoms. The molecule has 1 heterocycles. The van der Waals surface area contributed by atoms with Crippen molar-refractivity contribution < 1.29 is 32.6 Å². The molecule has 2 amide bonds. The van der Waals surface area contributed by atoms with Gasteiger partial charge in [0.1, 0.15) is 17.4 Å². The summed E-state index contributed by atoms with van der Waals surface area (Å²) in [5, 5.41) is 2.14. The number of amides is 2. The second-order valence-electron chi connectivity index (χ2n) is 6.86. The summed E-state index contributed by atoms with van der Waals surface area (Å²) in [5.74, 6) is -3.63. The molecule has 158 valence electrons. The number of halogens is 2. The number of benzene rings is 2.